The zero-order valence-corrected chi connectivity index (χ0v) is 17.1. The van der Waals surface area contributed by atoms with Crippen molar-refractivity contribution in [1.29, 1.82) is 0 Å². The van der Waals surface area contributed by atoms with Crippen molar-refractivity contribution in [3.05, 3.63) is 76.8 Å². The number of amides is 2. The molecule has 1 saturated heterocycles. The lowest BCUT2D eigenvalue weighted by Crippen LogP contribution is -2.35. The molecule has 1 fully saturated rings. The summed E-state index contributed by atoms with van der Waals surface area (Å²) in [4.78, 5) is 27.0. The highest BCUT2D eigenvalue weighted by molar-refractivity contribution is 6.30. The quantitative estimate of drug-likeness (QED) is 0.601. The molecule has 0 bridgehead atoms. The van der Waals surface area contributed by atoms with Gasteiger partial charge in [-0.05, 0) is 53.1 Å². The van der Waals surface area contributed by atoms with E-state index in [1.807, 2.05) is 67.6 Å². The van der Waals surface area contributed by atoms with Crippen molar-refractivity contribution in [3.8, 4) is 5.75 Å². The van der Waals surface area contributed by atoms with Gasteiger partial charge in [0, 0.05) is 23.9 Å². The summed E-state index contributed by atoms with van der Waals surface area (Å²) < 4.78 is 5.26. The van der Waals surface area contributed by atoms with Crippen LogP contribution >= 0.6 is 11.6 Å². The number of benzene rings is 3. The van der Waals surface area contributed by atoms with Gasteiger partial charge < -0.3 is 4.74 Å². The van der Waals surface area contributed by atoms with Crippen LogP contribution in [-0.4, -0.2) is 30.4 Å². The number of imide groups is 1. The minimum Gasteiger partial charge on any atom is -0.497 e. The van der Waals surface area contributed by atoms with Crippen molar-refractivity contribution in [2.24, 2.45) is 0 Å². The first kappa shape index (κ1) is 19.5. The number of carbonyl (C=O) groups excluding carboxylic acids is 2. The molecule has 5 heteroatoms. The van der Waals surface area contributed by atoms with Crippen LogP contribution in [0.15, 0.2) is 60.7 Å². The molecule has 3 aromatic rings. The molecular formula is C24H22ClNO3. The normalized spacial score (nSPS) is 17.6. The van der Waals surface area contributed by atoms with Crippen LogP contribution in [0.25, 0.3) is 10.8 Å². The lowest BCUT2D eigenvalue weighted by molar-refractivity contribution is -0.142. The Bertz CT molecular complexity index is 1080. The van der Waals surface area contributed by atoms with Crippen LogP contribution in [0.3, 0.4) is 0 Å². The smallest absolute Gasteiger partial charge is 0.236 e. The number of halogens is 1. The number of ether oxygens (including phenoxy) is 1. The van der Waals surface area contributed by atoms with E-state index < -0.39 is 5.92 Å². The average molecular weight is 408 g/mol. The molecule has 0 saturated carbocycles. The van der Waals surface area contributed by atoms with Gasteiger partial charge in [0.2, 0.25) is 11.8 Å². The molecule has 4 rings (SSSR count). The monoisotopic (exact) mass is 407 g/mol. The van der Waals surface area contributed by atoms with Crippen LogP contribution in [-0.2, 0) is 9.59 Å². The maximum atomic E-state index is 13.1. The summed E-state index contributed by atoms with van der Waals surface area (Å²) in [6.45, 7) is 2.27. The summed E-state index contributed by atoms with van der Waals surface area (Å²) in [5.41, 5.74) is 1.93. The molecule has 0 aromatic heterocycles. The van der Waals surface area contributed by atoms with Crippen molar-refractivity contribution in [3.63, 3.8) is 0 Å². The highest BCUT2D eigenvalue weighted by Crippen LogP contribution is 2.32. The SMILES string of the molecule is COc1ccc2cc([C@H](C)C(=O)N3C[C@@H](c4ccc(Cl)cc4)CC3=O)ccc2c1. The Kier molecular flexibility index (Phi) is 5.29. The molecule has 2 amide bonds. The Morgan fingerprint density at radius 1 is 1.07 bits per heavy atom. The zero-order valence-electron chi connectivity index (χ0n) is 16.4. The molecule has 0 N–H and O–H groups in total. The van der Waals surface area contributed by atoms with Gasteiger partial charge in [0.15, 0.2) is 0 Å². The molecule has 4 nitrogen and oxygen atoms in total. The summed E-state index contributed by atoms with van der Waals surface area (Å²) in [5.74, 6) is 0.145. The third kappa shape index (κ3) is 3.85. The predicted molar refractivity (Wildman–Crippen MR) is 114 cm³/mol. The molecule has 0 spiro atoms. The Morgan fingerprint density at radius 3 is 2.48 bits per heavy atom. The van der Waals surface area contributed by atoms with E-state index >= 15 is 0 Å². The molecule has 3 aromatic carbocycles. The second kappa shape index (κ2) is 7.88. The molecule has 0 aliphatic carbocycles. The minimum atomic E-state index is -0.394. The minimum absolute atomic E-state index is 0.0139. The zero-order chi connectivity index (χ0) is 20.5. The standard InChI is InChI=1S/C24H22ClNO3/c1-15(17-3-4-19-12-22(29-2)10-7-18(19)11-17)24(28)26-14-20(13-23(26)27)16-5-8-21(25)9-6-16/h3-12,15,20H,13-14H2,1-2H3/t15-,20-/m0/s1. The molecule has 1 heterocycles. The highest BCUT2D eigenvalue weighted by atomic mass is 35.5. The first-order valence-electron chi connectivity index (χ1n) is 9.63. The van der Waals surface area contributed by atoms with Crippen LogP contribution in [0.4, 0.5) is 0 Å². The Labute approximate surface area is 175 Å². The average Bonchev–Trinajstić information content (AvgIpc) is 3.13. The fourth-order valence-electron chi connectivity index (χ4n) is 3.89. The molecule has 1 aliphatic heterocycles. The molecule has 1 aliphatic rings. The summed E-state index contributed by atoms with van der Waals surface area (Å²) in [6, 6.07) is 19.3. The summed E-state index contributed by atoms with van der Waals surface area (Å²) in [5, 5.41) is 2.75. The van der Waals surface area contributed by atoms with Crippen LogP contribution in [0, 0.1) is 0 Å². The number of hydrogen-bond acceptors (Lipinski definition) is 3. The van der Waals surface area contributed by atoms with Gasteiger partial charge in [-0.1, -0.05) is 48.0 Å². The predicted octanol–water partition coefficient (Wildman–Crippen LogP) is 5.15. The number of rotatable bonds is 4. The maximum Gasteiger partial charge on any atom is 0.236 e. The largest absolute Gasteiger partial charge is 0.497 e. The van der Waals surface area contributed by atoms with Gasteiger partial charge in [0.1, 0.15) is 5.75 Å². The molecule has 148 valence electrons. The first-order valence-corrected chi connectivity index (χ1v) is 10.0. The van der Waals surface area contributed by atoms with E-state index in [1.165, 1.54) is 4.90 Å². The van der Waals surface area contributed by atoms with E-state index in [0.717, 1.165) is 27.6 Å². The highest BCUT2D eigenvalue weighted by Gasteiger charge is 2.36. The van der Waals surface area contributed by atoms with Crippen molar-refractivity contribution < 1.29 is 14.3 Å². The van der Waals surface area contributed by atoms with E-state index in [1.54, 1.807) is 7.11 Å². The van der Waals surface area contributed by atoms with Crippen LogP contribution in [0.1, 0.15) is 36.3 Å². The van der Waals surface area contributed by atoms with Gasteiger partial charge in [-0.3, -0.25) is 14.5 Å². The lowest BCUT2D eigenvalue weighted by atomic mass is 9.96. The van der Waals surface area contributed by atoms with Gasteiger partial charge in [0.25, 0.3) is 0 Å². The molecule has 29 heavy (non-hydrogen) atoms. The van der Waals surface area contributed by atoms with Crippen molar-refractivity contribution in [2.45, 2.75) is 25.2 Å². The number of hydrogen-bond donors (Lipinski definition) is 0. The third-order valence-corrected chi connectivity index (χ3v) is 5.93. The number of likely N-dealkylation sites (tertiary alicyclic amines) is 1. The van der Waals surface area contributed by atoms with E-state index in [0.29, 0.717) is 18.0 Å². The lowest BCUT2D eigenvalue weighted by Gasteiger charge is -2.20. The number of methoxy groups -OCH3 is 1. The van der Waals surface area contributed by atoms with E-state index in [-0.39, 0.29) is 17.7 Å². The van der Waals surface area contributed by atoms with Crippen LogP contribution in [0.2, 0.25) is 5.02 Å². The van der Waals surface area contributed by atoms with Gasteiger partial charge >= 0.3 is 0 Å². The summed E-state index contributed by atoms with van der Waals surface area (Å²) >= 11 is 5.96. The van der Waals surface area contributed by atoms with Gasteiger partial charge in [-0.25, -0.2) is 0 Å². The van der Waals surface area contributed by atoms with Gasteiger partial charge in [-0.2, -0.15) is 0 Å². The topological polar surface area (TPSA) is 46.6 Å². The summed E-state index contributed by atoms with van der Waals surface area (Å²) in [7, 11) is 1.64. The van der Waals surface area contributed by atoms with E-state index in [4.69, 9.17) is 16.3 Å². The second-order valence-electron chi connectivity index (χ2n) is 7.49. The van der Waals surface area contributed by atoms with Crippen LogP contribution in [0.5, 0.6) is 5.75 Å². The van der Waals surface area contributed by atoms with E-state index in [9.17, 15) is 9.59 Å². The Morgan fingerprint density at radius 2 is 1.76 bits per heavy atom. The maximum absolute atomic E-state index is 13.1. The first-order chi connectivity index (χ1) is 14.0. The van der Waals surface area contributed by atoms with Gasteiger partial charge in [-0.15, -0.1) is 0 Å². The van der Waals surface area contributed by atoms with Crippen molar-refractivity contribution >= 4 is 34.2 Å². The molecule has 0 unspecified atom stereocenters. The fraction of sp³-hybridized carbons (Fsp3) is 0.250. The van der Waals surface area contributed by atoms with Gasteiger partial charge in [0.05, 0.1) is 13.0 Å². The number of carbonyl (C=O) groups is 2. The van der Waals surface area contributed by atoms with E-state index in [2.05, 4.69) is 0 Å². The molecule has 0 radical (unpaired) electrons. The van der Waals surface area contributed by atoms with Crippen molar-refractivity contribution in [1.82, 2.24) is 4.90 Å². The number of nitrogens with zero attached hydrogens (tertiary/aromatic N) is 1. The third-order valence-electron chi connectivity index (χ3n) is 5.67. The summed E-state index contributed by atoms with van der Waals surface area (Å²) in [6.07, 6.45) is 0.345. The van der Waals surface area contributed by atoms with Crippen molar-refractivity contribution in [2.75, 3.05) is 13.7 Å². The molecular weight excluding hydrogens is 386 g/mol. The second-order valence-corrected chi connectivity index (χ2v) is 7.93. The molecule has 2 atom stereocenters. The van der Waals surface area contributed by atoms with Crippen LogP contribution < -0.4 is 4.74 Å². The number of fused-ring (bicyclic) bond motifs is 1. The Balaban J connectivity index is 1.53. The Hall–Kier alpha value is -2.85. The fourth-order valence-corrected chi connectivity index (χ4v) is 4.02.